The topological polar surface area (TPSA) is 58.4 Å². The van der Waals surface area contributed by atoms with Crippen LogP contribution in [-0.2, 0) is 4.79 Å². The van der Waals surface area contributed by atoms with Gasteiger partial charge in [-0.05, 0) is 38.2 Å². The minimum Gasteiger partial charge on any atom is -0.339 e. The maximum Gasteiger partial charge on any atom is 0.333 e. The third-order valence-corrected chi connectivity index (χ3v) is 6.45. The lowest BCUT2D eigenvalue weighted by atomic mass is 9.77. The standard InChI is InChI=1S/C19H26F2N4O2/c20-18(21)25-11-7-15(22-25)16(26)23-12-9-19(13-23)8-4-10-24(17(19)27)14-5-2-1-3-6-14/h7,11,14,18H,1-6,8-10,12-13H2. The molecule has 0 radical (unpaired) electrons. The highest BCUT2D eigenvalue weighted by Crippen LogP contribution is 2.42. The molecule has 0 N–H and O–H groups in total. The summed E-state index contributed by atoms with van der Waals surface area (Å²) in [7, 11) is 0. The van der Waals surface area contributed by atoms with Crippen molar-refractivity contribution >= 4 is 11.8 Å². The first-order valence-corrected chi connectivity index (χ1v) is 9.94. The van der Waals surface area contributed by atoms with E-state index in [1.54, 1.807) is 4.90 Å². The van der Waals surface area contributed by atoms with Crippen LogP contribution in [0.25, 0.3) is 0 Å². The quantitative estimate of drug-likeness (QED) is 0.810. The van der Waals surface area contributed by atoms with E-state index in [-0.39, 0.29) is 17.5 Å². The van der Waals surface area contributed by atoms with Crippen LogP contribution in [-0.4, -0.2) is 57.1 Å². The lowest BCUT2D eigenvalue weighted by Gasteiger charge is -2.44. The van der Waals surface area contributed by atoms with E-state index < -0.39 is 12.0 Å². The second-order valence-corrected chi connectivity index (χ2v) is 8.11. The molecule has 0 aromatic carbocycles. The van der Waals surface area contributed by atoms with Crippen molar-refractivity contribution in [3.05, 3.63) is 18.0 Å². The lowest BCUT2D eigenvalue weighted by molar-refractivity contribution is -0.149. The second kappa shape index (κ2) is 7.20. The Morgan fingerprint density at radius 1 is 1.15 bits per heavy atom. The van der Waals surface area contributed by atoms with Crippen molar-refractivity contribution in [2.75, 3.05) is 19.6 Å². The summed E-state index contributed by atoms with van der Waals surface area (Å²) in [5.74, 6) is -0.178. The number of nitrogens with zero attached hydrogens (tertiary/aromatic N) is 4. The number of rotatable bonds is 3. The minimum atomic E-state index is -2.76. The van der Waals surface area contributed by atoms with Crippen LogP contribution in [0.15, 0.2) is 12.3 Å². The number of hydrogen-bond acceptors (Lipinski definition) is 3. The third kappa shape index (κ3) is 3.34. The van der Waals surface area contributed by atoms with Gasteiger partial charge in [-0.1, -0.05) is 19.3 Å². The molecule has 1 saturated carbocycles. The van der Waals surface area contributed by atoms with Crippen molar-refractivity contribution < 1.29 is 18.4 Å². The molecule has 6 nitrogen and oxygen atoms in total. The molecule has 148 valence electrons. The number of likely N-dealkylation sites (tertiary alicyclic amines) is 2. The molecular formula is C19H26F2N4O2. The van der Waals surface area contributed by atoms with E-state index in [1.807, 2.05) is 0 Å². The molecule has 1 atom stereocenters. The van der Waals surface area contributed by atoms with E-state index in [0.717, 1.165) is 38.4 Å². The van der Waals surface area contributed by atoms with Crippen molar-refractivity contribution in [3.63, 3.8) is 0 Å². The van der Waals surface area contributed by atoms with Gasteiger partial charge in [0.2, 0.25) is 5.91 Å². The van der Waals surface area contributed by atoms with Crippen molar-refractivity contribution in [1.29, 1.82) is 0 Å². The summed E-state index contributed by atoms with van der Waals surface area (Å²) in [4.78, 5) is 29.7. The fraction of sp³-hybridized carbons (Fsp3) is 0.737. The maximum absolute atomic E-state index is 13.3. The van der Waals surface area contributed by atoms with Crippen LogP contribution in [0, 0.1) is 5.41 Å². The van der Waals surface area contributed by atoms with Gasteiger partial charge in [0, 0.05) is 31.9 Å². The van der Waals surface area contributed by atoms with Crippen LogP contribution in [0.1, 0.15) is 68.4 Å². The number of aromatic nitrogens is 2. The van der Waals surface area contributed by atoms with Gasteiger partial charge >= 0.3 is 6.55 Å². The van der Waals surface area contributed by atoms with Gasteiger partial charge in [0.1, 0.15) is 0 Å². The van der Waals surface area contributed by atoms with E-state index in [4.69, 9.17) is 0 Å². The summed E-state index contributed by atoms with van der Waals surface area (Å²) >= 11 is 0. The molecule has 0 bridgehead atoms. The van der Waals surface area contributed by atoms with Crippen molar-refractivity contribution in [3.8, 4) is 0 Å². The number of hydrogen-bond donors (Lipinski definition) is 0. The number of amides is 2. The Bertz CT molecular complexity index is 716. The first-order chi connectivity index (χ1) is 13.0. The molecule has 4 rings (SSSR count). The highest BCUT2D eigenvalue weighted by molar-refractivity contribution is 5.94. The van der Waals surface area contributed by atoms with Crippen molar-refractivity contribution in [2.45, 2.75) is 64.0 Å². The average Bonchev–Trinajstić information content (AvgIpc) is 3.33. The Morgan fingerprint density at radius 3 is 2.63 bits per heavy atom. The van der Waals surface area contributed by atoms with Crippen LogP contribution in [0.3, 0.4) is 0 Å². The fourth-order valence-corrected chi connectivity index (χ4v) is 4.99. The van der Waals surface area contributed by atoms with Gasteiger partial charge in [0.15, 0.2) is 5.69 Å². The van der Waals surface area contributed by atoms with Gasteiger partial charge in [-0.2, -0.15) is 13.9 Å². The molecule has 1 aromatic heterocycles. The van der Waals surface area contributed by atoms with Gasteiger partial charge in [-0.15, -0.1) is 0 Å². The number of carbonyl (C=O) groups excluding carboxylic acids is 2. The third-order valence-electron chi connectivity index (χ3n) is 6.45. The Labute approximate surface area is 157 Å². The monoisotopic (exact) mass is 380 g/mol. The zero-order valence-corrected chi connectivity index (χ0v) is 15.4. The van der Waals surface area contributed by atoms with Gasteiger partial charge in [0.05, 0.1) is 5.41 Å². The molecule has 2 saturated heterocycles. The van der Waals surface area contributed by atoms with Gasteiger partial charge in [0.25, 0.3) is 5.91 Å². The second-order valence-electron chi connectivity index (χ2n) is 8.11. The molecule has 27 heavy (non-hydrogen) atoms. The van der Waals surface area contributed by atoms with Crippen LogP contribution in [0.4, 0.5) is 8.78 Å². The lowest BCUT2D eigenvalue weighted by Crippen LogP contribution is -2.54. The molecule has 3 heterocycles. The summed E-state index contributed by atoms with van der Waals surface area (Å²) in [5, 5.41) is 3.68. The molecule has 1 aromatic rings. The summed E-state index contributed by atoms with van der Waals surface area (Å²) in [6.07, 6.45) is 9.28. The van der Waals surface area contributed by atoms with E-state index >= 15 is 0 Å². The molecule has 2 amide bonds. The van der Waals surface area contributed by atoms with Crippen LogP contribution in [0.5, 0.6) is 0 Å². The van der Waals surface area contributed by atoms with Crippen molar-refractivity contribution in [2.24, 2.45) is 5.41 Å². The minimum absolute atomic E-state index is 0.0137. The summed E-state index contributed by atoms with van der Waals surface area (Å²) < 4.78 is 25.9. The highest BCUT2D eigenvalue weighted by Gasteiger charge is 2.50. The number of halogens is 2. The van der Waals surface area contributed by atoms with E-state index in [1.165, 1.54) is 25.3 Å². The SMILES string of the molecule is O=C(c1ccn(C(F)F)n1)N1CCC2(CCCN(C3CCCCC3)C2=O)C1. The first-order valence-electron chi connectivity index (χ1n) is 9.94. The Balaban J connectivity index is 1.46. The van der Waals surface area contributed by atoms with Crippen molar-refractivity contribution in [1.82, 2.24) is 19.6 Å². The average molecular weight is 380 g/mol. The molecule has 1 spiro atoms. The molecule has 8 heteroatoms. The van der Waals surface area contributed by atoms with E-state index in [9.17, 15) is 18.4 Å². The van der Waals surface area contributed by atoms with Crippen LogP contribution >= 0.6 is 0 Å². The highest BCUT2D eigenvalue weighted by atomic mass is 19.3. The number of carbonyl (C=O) groups is 2. The summed E-state index contributed by atoms with van der Waals surface area (Å²) in [6, 6.07) is 1.66. The predicted octanol–water partition coefficient (Wildman–Crippen LogP) is 3.07. The first kappa shape index (κ1) is 18.4. The van der Waals surface area contributed by atoms with E-state index in [2.05, 4.69) is 10.00 Å². The molecular weight excluding hydrogens is 354 g/mol. The van der Waals surface area contributed by atoms with E-state index in [0.29, 0.717) is 30.2 Å². The largest absolute Gasteiger partial charge is 0.339 e. The zero-order valence-electron chi connectivity index (χ0n) is 15.4. The van der Waals surface area contributed by atoms with Gasteiger partial charge in [-0.3, -0.25) is 9.59 Å². The summed E-state index contributed by atoms with van der Waals surface area (Å²) in [6.45, 7) is -1.10. The molecule has 1 unspecified atom stereocenters. The molecule has 3 fully saturated rings. The Kier molecular flexibility index (Phi) is 4.90. The van der Waals surface area contributed by atoms with Gasteiger partial charge < -0.3 is 9.80 Å². The van der Waals surface area contributed by atoms with Gasteiger partial charge in [-0.25, -0.2) is 4.68 Å². The maximum atomic E-state index is 13.3. The van der Waals surface area contributed by atoms with Crippen LogP contribution in [0.2, 0.25) is 0 Å². The zero-order chi connectivity index (χ0) is 19.0. The fourth-order valence-electron chi connectivity index (χ4n) is 4.99. The Morgan fingerprint density at radius 2 is 1.93 bits per heavy atom. The number of piperidine rings is 1. The summed E-state index contributed by atoms with van der Waals surface area (Å²) in [5.41, 5.74) is -0.490. The Hall–Kier alpha value is -1.99. The predicted molar refractivity (Wildman–Crippen MR) is 94.3 cm³/mol. The van der Waals surface area contributed by atoms with Crippen LogP contribution < -0.4 is 0 Å². The normalized spacial score (nSPS) is 27.1. The number of alkyl halides is 2. The molecule has 3 aliphatic rings. The molecule has 2 aliphatic heterocycles. The smallest absolute Gasteiger partial charge is 0.333 e. The molecule has 1 aliphatic carbocycles.